The molecule has 5 heteroatoms. The monoisotopic (exact) mass is 270 g/mol. The van der Waals surface area contributed by atoms with E-state index < -0.39 is 0 Å². The number of carbonyl (C=O) groups excluding carboxylic acids is 1. The van der Waals surface area contributed by atoms with E-state index >= 15 is 0 Å². The maximum absolute atomic E-state index is 11.5. The standard InChI is InChI=1S/C13H19ClN2O2/c1-10-11(14)5-3-6-12(10)18-9-13(17)16-8-4-7-15-2/h3,5-6,15H,4,7-9H2,1-2H3,(H,16,17). The van der Waals surface area contributed by atoms with Crippen LogP contribution in [0.4, 0.5) is 0 Å². The molecule has 0 aromatic heterocycles. The Morgan fingerprint density at radius 2 is 2.17 bits per heavy atom. The van der Waals surface area contributed by atoms with Crippen molar-refractivity contribution in [3.05, 3.63) is 28.8 Å². The summed E-state index contributed by atoms with van der Waals surface area (Å²) < 4.78 is 5.42. The van der Waals surface area contributed by atoms with Crippen molar-refractivity contribution in [2.24, 2.45) is 0 Å². The molecule has 0 radical (unpaired) electrons. The minimum absolute atomic E-state index is 0.0146. The second-order valence-electron chi connectivity index (χ2n) is 3.96. The smallest absolute Gasteiger partial charge is 0.257 e. The lowest BCUT2D eigenvalue weighted by Crippen LogP contribution is -2.31. The molecule has 2 N–H and O–H groups in total. The minimum Gasteiger partial charge on any atom is -0.483 e. The normalized spacial score (nSPS) is 10.2. The molecule has 0 unspecified atom stereocenters. The fraction of sp³-hybridized carbons (Fsp3) is 0.462. The number of nitrogens with one attached hydrogen (secondary N) is 2. The summed E-state index contributed by atoms with van der Waals surface area (Å²) in [4.78, 5) is 11.5. The molecule has 0 heterocycles. The zero-order chi connectivity index (χ0) is 13.4. The number of halogens is 1. The van der Waals surface area contributed by atoms with E-state index in [1.165, 1.54) is 0 Å². The van der Waals surface area contributed by atoms with Crippen molar-refractivity contribution in [3.63, 3.8) is 0 Å². The summed E-state index contributed by atoms with van der Waals surface area (Å²) in [6.07, 6.45) is 0.901. The van der Waals surface area contributed by atoms with Gasteiger partial charge in [-0.25, -0.2) is 0 Å². The molecule has 1 aromatic rings. The van der Waals surface area contributed by atoms with Crippen molar-refractivity contribution in [1.29, 1.82) is 0 Å². The van der Waals surface area contributed by atoms with E-state index in [0.717, 1.165) is 18.5 Å². The molecule has 1 amide bonds. The van der Waals surface area contributed by atoms with Crippen LogP contribution in [-0.4, -0.2) is 32.7 Å². The van der Waals surface area contributed by atoms with Crippen LogP contribution in [0.25, 0.3) is 0 Å². The first-order valence-electron chi connectivity index (χ1n) is 5.94. The van der Waals surface area contributed by atoms with Crippen LogP contribution >= 0.6 is 11.6 Å². The molecule has 18 heavy (non-hydrogen) atoms. The summed E-state index contributed by atoms with van der Waals surface area (Å²) in [7, 11) is 1.88. The highest BCUT2D eigenvalue weighted by atomic mass is 35.5. The van der Waals surface area contributed by atoms with Crippen LogP contribution in [0, 0.1) is 6.92 Å². The number of carbonyl (C=O) groups is 1. The molecular weight excluding hydrogens is 252 g/mol. The average molecular weight is 271 g/mol. The van der Waals surface area contributed by atoms with Gasteiger partial charge >= 0.3 is 0 Å². The third-order valence-electron chi connectivity index (χ3n) is 2.50. The van der Waals surface area contributed by atoms with Gasteiger partial charge in [-0.2, -0.15) is 0 Å². The van der Waals surface area contributed by atoms with Gasteiger partial charge in [-0.15, -0.1) is 0 Å². The lowest BCUT2D eigenvalue weighted by molar-refractivity contribution is -0.123. The van der Waals surface area contributed by atoms with E-state index in [4.69, 9.17) is 16.3 Å². The molecule has 0 saturated heterocycles. The Hall–Kier alpha value is -1.26. The Morgan fingerprint density at radius 1 is 1.39 bits per heavy atom. The molecule has 0 aliphatic rings. The molecule has 0 aliphatic carbocycles. The van der Waals surface area contributed by atoms with Crippen LogP contribution in [0.1, 0.15) is 12.0 Å². The van der Waals surface area contributed by atoms with Gasteiger partial charge in [0, 0.05) is 17.1 Å². The number of hydrogen-bond acceptors (Lipinski definition) is 3. The molecule has 1 aromatic carbocycles. The van der Waals surface area contributed by atoms with Gasteiger partial charge in [0.05, 0.1) is 0 Å². The maximum Gasteiger partial charge on any atom is 0.257 e. The van der Waals surface area contributed by atoms with Crippen molar-refractivity contribution in [2.45, 2.75) is 13.3 Å². The van der Waals surface area contributed by atoms with Crippen molar-refractivity contribution in [1.82, 2.24) is 10.6 Å². The molecule has 0 fully saturated rings. The van der Waals surface area contributed by atoms with Crippen LogP contribution in [0.15, 0.2) is 18.2 Å². The predicted molar refractivity (Wildman–Crippen MR) is 73.2 cm³/mol. The number of benzene rings is 1. The Kier molecular flexibility index (Phi) is 6.54. The summed E-state index contributed by atoms with van der Waals surface area (Å²) in [5, 5.41) is 6.44. The van der Waals surface area contributed by atoms with Crippen LogP contribution < -0.4 is 15.4 Å². The van der Waals surface area contributed by atoms with E-state index in [1.54, 1.807) is 18.2 Å². The number of amides is 1. The molecule has 0 saturated carbocycles. The maximum atomic E-state index is 11.5. The summed E-state index contributed by atoms with van der Waals surface area (Å²) in [5.74, 6) is 0.526. The first-order valence-corrected chi connectivity index (χ1v) is 6.32. The van der Waals surface area contributed by atoms with Gasteiger partial charge in [0.25, 0.3) is 5.91 Å². The molecule has 0 atom stereocenters. The van der Waals surface area contributed by atoms with E-state index in [-0.39, 0.29) is 12.5 Å². The van der Waals surface area contributed by atoms with Gasteiger partial charge in [-0.05, 0) is 39.1 Å². The zero-order valence-corrected chi connectivity index (χ0v) is 11.5. The number of hydrogen-bond donors (Lipinski definition) is 2. The van der Waals surface area contributed by atoms with Gasteiger partial charge in [0.15, 0.2) is 6.61 Å². The van der Waals surface area contributed by atoms with Gasteiger partial charge in [-0.3, -0.25) is 4.79 Å². The third-order valence-corrected chi connectivity index (χ3v) is 2.91. The highest BCUT2D eigenvalue weighted by molar-refractivity contribution is 6.31. The molecule has 100 valence electrons. The second kappa shape index (κ2) is 7.95. The topological polar surface area (TPSA) is 50.4 Å². The second-order valence-corrected chi connectivity index (χ2v) is 4.37. The van der Waals surface area contributed by atoms with E-state index in [1.807, 2.05) is 14.0 Å². The summed E-state index contributed by atoms with van der Waals surface area (Å²) in [6.45, 7) is 3.41. The summed E-state index contributed by atoms with van der Waals surface area (Å²) in [6, 6.07) is 5.40. The van der Waals surface area contributed by atoms with Gasteiger partial charge in [0.2, 0.25) is 0 Å². The Bertz CT molecular complexity index is 397. The quantitative estimate of drug-likeness (QED) is 0.743. The summed E-state index contributed by atoms with van der Waals surface area (Å²) >= 11 is 5.96. The largest absolute Gasteiger partial charge is 0.483 e. The lowest BCUT2D eigenvalue weighted by atomic mass is 10.2. The van der Waals surface area contributed by atoms with Crippen molar-refractivity contribution < 1.29 is 9.53 Å². The third kappa shape index (κ3) is 4.94. The van der Waals surface area contributed by atoms with E-state index in [0.29, 0.717) is 17.3 Å². The fourth-order valence-corrected chi connectivity index (χ4v) is 1.60. The average Bonchev–Trinajstić information content (AvgIpc) is 2.36. The first kappa shape index (κ1) is 14.8. The van der Waals surface area contributed by atoms with Gasteiger partial charge in [0.1, 0.15) is 5.75 Å². The summed E-state index contributed by atoms with van der Waals surface area (Å²) in [5.41, 5.74) is 0.849. The number of rotatable bonds is 7. The first-order chi connectivity index (χ1) is 8.65. The van der Waals surface area contributed by atoms with Gasteiger partial charge < -0.3 is 15.4 Å². The molecular formula is C13H19ClN2O2. The Balaban J connectivity index is 2.32. The predicted octanol–water partition coefficient (Wildman–Crippen LogP) is 1.75. The van der Waals surface area contributed by atoms with Crippen molar-refractivity contribution in [3.8, 4) is 5.75 Å². The molecule has 0 aliphatic heterocycles. The van der Waals surface area contributed by atoms with Crippen LogP contribution in [0.2, 0.25) is 5.02 Å². The van der Waals surface area contributed by atoms with E-state index in [2.05, 4.69) is 10.6 Å². The van der Waals surface area contributed by atoms with Crippen LogP contribution in [0.5, 0.6) is 5.75 Å². The van der Waals surface area contributed by atoms with Crippen LogP contribution in [-0.2, 0) is 4.79 Å². The zero-order valence-electron chi connectivity index (χ0n) is 10.8. The SMILES string of the molecule is CNCCCNC(=O)COc1cccc(Cl)c1C. The minimum atomic E-state index is -0.120. The Labute approximate surface area is 113 Å². The molecule has 1 rings (SSSR count). The van der Waals surface area contributed by atoms with Gasteiger partial charge in [-0.1, -0.05) is 17.7 Å². The van der Waals surface area contributed by atoms with Crippen LogP contribution in [0.3, 0.4) is 0 Å². The number of ether oxygens (including phenoxy) is 1. The van der Waals surface area contributed by atoms with Crippen molar-refractivity contribution >= 4 is 17.5 Å². The lowest BCUT2D eigenvalue weighted by Gasteiger charge is -2.10. The van der Waals surface area contributed by atoms with E-state index in [9.17, 15) is 4.79 Å². The Morgan fingerprint density at radius 3 is 2.89 bits per heavy atom. The van der Waals surface area contributed by atoms with Crippen molar-refractivity contribution in [2.75, 3.05) is 26.7 Å². The molecule has 0 spiro atoms. The fourth-order valence-electron chi connectivity index (χ4n) is 1.43. The highest BCUT2D eigenvalue weighted by Crippen LogP contribution is 2.24. The highest BCUT2D eigenvalue weighted by Gasteiger charge is 2.06. The molecule has 4 nitrogen and oxygen atoms in total. The molecule has 0 bridgehead atoms.